The highest BCUT2D eigenvalue weighted by atomic mass is 32.2. The second kappa shape index (κ2) is 4.49. The van der Waals surface area contributed by atoms with Crippen LogP contribution >= 0.6 is 11.8 Å². The fourth-order valence-corrected chi connectivity index (χ4v) is 1.91. The Morgan fingerprint density at radius 1 is 1.47 bits per heavy atom. The average Bonchev–Trinajstić information content (AvgIpc) is 2.30. The highest BCUT2D eigenvalue weighted by molar-refractivity contribution is 7.99. The second-order valence-corrected chi connectivity index (χ2v) is 4.17. The standard InChI is InChI=1S/C11H13N3S/c1-8-9(4-3-6-12-8)10-5-7-13-11(14-10)15-2/h3-7,11,14H,1-2H3. The number of hydrogen-bond donors (Lipinski definition) is 1. The predicted molar refractivity (Wildman–Crippen MR) is 65.9 cm³/mol. The summed E-state index contributed by atoms with van der Waals surface area (Å²) < 4.78 is 0. The zero-order valence-electron chi connectivity index (χ0n) is 8.77. The van der Waals surface area contributed by atoms with Gasteiger partial charge in [-0.15, -0.1) is 11.8 Å². The van der Waals surface area contributed by atoms with Gasteiger partial charge < -0.3 is 5.32 Å². The molecule has 1 unspecified atom stereocenters. The zero-order valence-corrected chi connectivity index (χ0v) is 9.58. The summed E-state index contributed by atoms with van der Waals surface area (Å²) >= 11 is 1.68. The molecule has 4 heteroatoms. The largest absolute Gasteiger partial charge is 0.355 e. The van der Waals surface area contributed by atoms with Gasteiger partial charge in [0.05, 0.1) is 0 Å². The molecular formula is C11H13N3S. The van der Waals surface area contributed by atoms with Gasteiger partial charge in [0.15, 0.2) is 5.50 Å². The Morgan fingerprint density at radius 2 is 2.33 bits per heavy atom. The van der Waals surface area contributed by atoms with E-state index in [9.17, 15) is 0 Å². The van der Waals surface area contributed by atoms with Crippen molar-refractivity contribution in [2.45, 2.75) is 12.4 Å². The average molecular weight is 219 g/mol. The second-order valence-electron chi connectivity index (χ2n) is 3.25. The van der Waals surface area contributed by atoms with Gasteiger partial charge in [0.2, 0.25) is 0 Å². The number of nitrogens with zero attached hydrogens (tertiary/aromatic N) is 2. The minimum Gasteiger partial charge on any atom is -0.355 e. The van der Waals surface area contributed by atoms with Crippen molar-refractivity contribution in [3.8, 4) is 0 Å². The van der Waals surface area contributed by atoms with E-state index in [-0.39, 0.29) is 5.50 Å². The van der Waals surface area contributed by atoms with Crippen molar-refractivity contribution in [3.05, 3.63) is 35.7 Å². The minimum absolute atomic E-state index is 0.115. The number of nitrogens with one attached hydrogen (secondary N) is 1. The molecule has 3 nitrogen and oxygen atoms in total. The van der Waals surface area contributed by atoms with Gasteiger partial charge in [0.25, 0.3) is 0 Å². The molecule has 78 valence electrons. The van der Waals surface area contributed by atoms with Crippen molar-refractivity contribution >= 4 is 23.7 Å². The van der Waals surface area contributed by atoms with E-state index < -0.39 is 0 Å². The van der Waals surface area contributed by atoms with Gasteiger partial charge in [-0.2, -0.15) is 0 Å². The molecule has 0 fully saturated rings. The van der Waals surface area contributed by atoms with Crippen molar-refractivity contribution < 1.29 is 0 Å². The molecule has 1 N–H and O–H groups in total. The molecule has 1 aromatic heterocycles. The summed E-state index contributed by atoms with van der Waals surface area (Å²) in [6.45, 7) is 2.01. The van der Waals surface area contributed by atoms with E-state index in [1.165, 1.54) is 0 Å². The van der Waals surface area contributed by atoms with E-state index in [0.29, 0.717) is 0 Å². The van der Waals surface area contributed by atoms with Crippen molar-refractivity contribution in [2.75, 3.05) is 6.26 Å². The van der Waals surface area contributed by atoms with E-state index in [2.05, 4.69) is 21.4 Å². The van der Waals surface area contributed by atoms with Crippen LogP contribution in [0.4, 0.5) is 0 Å². The summed E-state index contributed by atoms with van der Waals surface area (Å²) in [5, 5.41) is 3.35. The molecule has 0 amide bonds. The van der Waals surface area contributed by atoms with Crippen LogP contribution in [0.1, 0.15) is 11.3 Å². The summed E-state index contributed by atoms with van der Waals surface area (Å²) in [7, 11) is 0. The minimum atomic E-state index is 0.115. The Bertz CT molecular complexity index is 412. The van der Waals surface area contributed by atoms with Gasteiger partial charge in [0.1, 0.15) is 0 Å². The van der Waals surface area contributed by atoms with Crippen LogP contribution in [0.25, 0.3) is 5.70 Å². The quantitative estimate of drug-likeness (QED) is 0.827. The summed E-state index contributed by atoms with van der Waals surface area (Å²) in [5.74, 6) is 0. The Morgan fingerprint density at radius 3 is 3.07 bits per heavy atom. The van der Waals surface area contributed by atoms with E-state index in [4.69, 9.17) is 0 Å². The monoisotopic (exact) mass is 219 g/mol. The molecule has 0 bridgehead atoms. The molecule has 1 aliphatic heterocycles. The van der Waals surface area contributed by atoms with Crippen LogP contribution in [0, 0.1) is 6.92 Å². The molecule has 1 aromatic rings. The van der Waals surface area contributed by atoms with Crippen molar-refractivity contribution in [1.29, 1.82) is 0 Å². The maximum atomic E-state index is 4.28. The zero-order chi connectivity index (χ0) is 10.7. The number of rotatable bonds is 2. The molecule has 2 heterocycles. The topological polar surface area (TPSA) is 37.3 Å². The number of aryl methyl sites for hydroxylation is 1. The van der Waals surface area contributed by atoms with E-state index in [0.717, 1.165) is 17.0 Å². The van der Waals surface area contributed by atoms with E-state index >= 15 is 0 Å². The maximum absolute atomic E-state index is 4.28. The number of aliphatic imine (C=N–C) groups is 1. The Labute approximate surface area is 93.7 Å². The lowest BCUT2D eigenvalue weighted by atomic mass is 10.1. The molecule has 0 saturated carbocycles. The van der Waals surface area contributed by atoms with Crippen molar-refractivity contribution in [2.24, 2.45) is 4.99 Å². The molecule has 2 rings (SSSR count). The first-order chi connectivity index (χ1) is 7.31. The molecule has 0 aliphatic carbocycles. The normalized spacial score (nSPS) is 19.6. The van der Waals surface area contributed by atoms with Crippen molar-refractivity contribution in [1.82, 2.24) is 10.3 Å². The lowest BCUT2D eigenvalue weighted by molar-refractivity contribution is 0.835. The number of pyridine rings is 1. The highest BCUT2D eigenvalue weighted by Crippen LogP contribution is 2.19. The number of allylic oxidation sites excluding steroid dienone is 1. The Kier molecular flexibility index (Phi) is 3.06. The van der Waals surface area contributed by atoms with Gasteiger partial charge >= 0.3 is 0 Å². The fraction of sp³-hybridized carbons (Fsp3) is 0.273. The number of hydrogen-bond acceptors (Lipinski definition) is 4. The highest BCUT2D eigenvalue weighted by Gasteiger charge is 2.12. The van der Waals surface area contributed by atoms with Gasteiger partial charge in [-0.1, -0.05) is 0 Å². The van der Waals surface area contributed by atoms with Crippen LogP contribution in [-0.2, 0) is 0 Å². The van der Waals surface area contributed by atoms with Crippen LogP contribution in [-0.4, -0.2) is 23.0 Å². The molecule has 15 heavy (non-hydrogen) atoms. The maximum Gasteiger partial charge on any atom is 0.166 e. The van der Waals surface area contributed by atoms with E-state index in [1.807, 2.05) is 37.7 Å². The Balaban J connectivity index is 2.29. The van der Waals surface area contributed by atoms with Crippen molar-refractivity contribution in [3.63, 3.8) is 0 Å². The number of thioether (sulfide) groups is 1. The lowest BCUT2D eigenvalue weighted by Gasteiger charge is -2.20. The first-order valence-corrected chi connectivity index (χ1v) is 6.05. The summed E-state index contributed by atoms with van der Waals surface area (Å²) in [4.78, 5) is 8.56. The third-order valence-electron chi connectivity index (χ3n) is 2.26. The molecule has 0 aromatic carbocycles. The van der Waals surface area contributed by atoms with E-state index in [1.54, 1.807) is 11.8 Å². The smallest absolute Gasteiger partial charge is 0.166 e. The van der Waals surface area contributed by atoms with Crippen LogP contribution in [0.3, 0.4) is 0 Å². The summed E-state index contributed by atoms with van der Waals surface area (Å²) in [6.07, 6.45) is 7.67. The molecule has 0 saturated heterocycles. The first kappa shape index (κ1) is 10.2. The molecule has 0 radical (unpaired) electrons. The van der Waals surface area contributed by atoms with Crippen LogP contribution in [0.2, 0.25) is 0 Å². The van der Waals surface area contributed by atoms with Gasteiger partial charge in [-0.3, -0.25) is 9.98 Å². The summed E-state index contributed by atoms with van der Waals surface area (Å²) in [6, 6.07) is 4.02. The van der Waals surface area contributed by atoms with Crippen LogP contribution < -0.4 is 5.32 Å². The summed E-state index contributed by atoms with van der Waals surface area (Å²) in [5.41, 5.74) is 3.38. The van der Waals surface area contributed by atoms with Gasteiger partial charge in [-0.05, 0) is 31.4 Å². The molecule has 0 spiro atoms. The third kappa shape index (κ3) is 2.21. The number of aromatic nitrogens is 1. The van der Waals surface area contributed by atoms with Gasteiger partial charge in [-0.25, -0.2) is 0 Å². The molecule has 1 atom stereocenters. The first-order valence-electron chi connectivity index (χ1n) is 4.76. The third-order valence-corrected chi connectivity index (χ3v) is 2.95. The predicted octanol–water partition coefficient (Wildman–Crippen LogP) is 2.05. The van der Waals surface area contributed by atoms with Gasteiger partial charge in [0, 0.05) is 29.4 Å². The van der Waals surface area contributed by atoms with Crippen LogP contribution in [0.15, 0.2) is 29.4 Å². The van der Waals surface area contributed by atoms with Crippen LogP contribution in [0.5, 0.6) is 0 Å². The lowest BCUT2D eigenvalue weighted by Crippen LogP contribution is -2.25. The Hall–Kier alpha value is -1.29. The SMILES string of the molecule is CSC1N=CC=C(c2cccnc2C)N1. The molecular weight excluding hydrogens is 206 g/mol. The molecule has 1 aliphatic rings. The fourth-order valence-electron chi connectivity index (χ4n) is 1.47.